The molecule has 0 radical (unpaired) electrons. The van der Waals surface area contributed by atoms with Crippen LogP contribution >= 0.6 is 11.3 Å². The molecule has 0 aliphatic heterocycles. The number of nitrogens with zero attached hydrogens (tertiary/aromatic N) is 2. The van der Waals surface area contributed by atoms with Gasteiger partial charge in [0.15, 0.2) is 0 Å². The van der Waals surface area contributed by atoms with Gasteiger partial charge < -0.3 is 18.9 Å². The highest BCUT2D eigenvalue weighted by atomic mass is 32.1. The van der Waals surface area contributed by atoms with Crippen LogP contribution in [-0.4, -0.2) is 35.1 Å². The number of benzene rings is 4. The van der Waals surface area contributed by atoms with Crippen molar-refractivity contribution in [2.45, 2.75) is 19.4 Å². The van der Waals surface area contributed by atoms with Gasteiger partial charge in [0, 0.05) is 23.9 Å². The van der Waals surface area contributed by atoms with Gasteiger partial charge in [0.05, 0.1) is 21.3 Å². The van der Waals surface area contributed by atoms with Crippen molar-refractivity contribution in [1.29, 1.82) is 0 Å². The summed E-state index contributed by atoms with van der Waals surface area (Å²) in [5.74, 6) is -1.77. The highest BCUT2D eigenvalue weighted by Gasteiger charge is 2.17. The number of para-hydroxylation sites is 1. The summed E-state index contributed by atoms with van der Waals surface area (Å²) in [6.45, 7) is 8.71. The predicted molar refractivity (Wildman–Crippen MR) is 181 cm³/mol. The summed E-state index contributed by atoms with van der Waals surface area (Å²) in [6, 6.07) is 23.7. The second-order valence-corrected chi connectivity index (χ2v) is 11.1. The molecule has 0 saturated heterocycles. The smallest absolute Gasteiger partial charge is 0.343 e. The molecular formula is C37H28N2O8S. The second-order valence-electron chi connectivity index (χ2n) is 10.00. The standard InChI is InChI=1S/C37H28N2O8S/c1-4-29(35-39-30-9-7-8-10-32(30)48-35)38-22-25-21-28(46-36(42)23-11-15-26(16-12-23)44-33(40)5-2)19-20-31(25)47-37(43)24-13-17-27(18-14-24)45-34(41)6-3/h5-22,29H,2-4H2,1H3. The topological polar surface area (TPSA) is 130 Å². The highest BCUT2D eigenvalue weighted by molar-refractivity contribution is 7.18. The molecular weight excluding hydrogens is 632 g/mol. The molecule has 0 fully saturated rings. The number of esters is 4. The molecule has 1 heterocycles. The molecule has 0 aliphatic rings. The first-order valence-corrected chi connectivity index (χ1v) is 15.4. The van der Waals surface area contributed by atoms with E-state index in [0.29, 0.717) is 12.0 Å². The molecule has 11 heteroatoms. The summed E-state index contributed by atoms with van der Waals surface area (Å²) in [5.41, 5.74) is 1.67. The molecule has 0 spiro atoms. The quantitative estimate of drug-likeness (QED) is 0.0578. The van der Waals surface area contributed by atoms with Crippen molar-refractivity contribution in [2.24, 2.45) is 4.99 Å². The van der Waals surface area contributed by atoms with Gasteiger partial charge in [-0.1, -0.05) is 32.2 Å². The molecule has 0 saturated carbocycles. The van der Waals surface area contributed by atoms with Gasteiger partial charge in [0.1, 0.15) is 34.0 Å². The number of ether oxygens (including phenoxy) is 4. The number of carbonyl (C=O) groups excluding carboxylic acids is 4. The number of fused-ring (bicyclic) bond motifs is 1. The molecule has 0 amide bonds. The van der Waals surface area contributed by atoms with Crippen LogP contribution in [0.5, 0.6) is 23.0 Å². The molecule has 10 nitrogen and oxygen atoms in total. The monoisotopic (exact) mass is 660 g/mol. The van der Waals surface area contributed by atoms with Crippen LogP contribution in [0.2, 0.25) is 0 Å². The highest BCUT2D eigenvalue weighted by Crippen LogP contribution is 2.31. The zero-order chi connectivity index (χ0) is 34.0. The lowest BCUT2D eigenvalue weighted by Crippen LogP contribution is -2.12. The van der Waals surface area contributed by atoms with Crippen molar-refractivity contribution >= 4 is 51.6 Å². The fourth-order valence-electron chi connectivity index (χ4n) is 4.29. The van der Waals surface area contributed by atoms with Crippen LogP contribution in [0.25, 0.3) is 10.2 Å². The van der Waals surface area contributed by atoms with E-state index in [-0.39, 0.29) is 40.2 Å². The van der Waals surface area contributed by atoms with Crippen LogP contribution in [0.15, 0.2) is 121 Å². The largest absolute Gasteiger partial charge is 0.423 e. The third-order valence-corrected chi connectivity index (χ3v) is 7.86. The van der Waals surface area contributed by atoms with Crippen molar-refractivity contribution in [2.75, 3.05) is 0 Å². The predicted octanol–water partition coefficient (Wildman–Crippen LogP) is 7.49. The molecule has 0 aliphatic carbocycles. The van der Waals surface area contributed by atoms with E-state index < -0.39 is 23.9 Å². The average Bonchev–Trinajstić information content (AvgIpc) is 3.54. The Balaban J connectivity index is 1.40. The Labute approximate surface area is 279 Å². The minimum Gasteiger partial charge on any atom is -0.423 e. The first-order valence-electron chi connectivity index (χ1n) is 14.6. The summed E-state index contributed by atoms with van der Waals surface area (Å²) < 4.78 is 22.5. The van der Waals surface area contributed by atoms with Crippen LogP contribution in [0.3, 0.4) is 0 Å². The fourth-order valence-corrected chi connectivity index (χ4v) is 5.39. The Bertz CT molecular complexity index is 2000. The summed E-state index contributed by atoms with van der Waals surface area (Å²) in [6.07, 6.45) is 4.28. The van der Waals surface area contributed by atoms with Crippen LogP contribution in [0.4, 0.5) is 0 Å². The minimum atomic E-state index is -0.675. The second kappa shape index (κ2) is 15.4. The maximum atomic E-state index is 13.1. The normalized spacial score (nSPS) is 11.4. The first-order chi connectivity index (χ1) is 23.3. The van der Waals surface area contributed by atoms with Gasteiger partial charge in [-0.2, -0.15) is 0 Å². The van der Waals surface area contributed by atoms with Crippen molar-refractivity contribution in [3.63, 3.8) is 0 Å². The number of rotatable bonds is 12. The van der Waals surface area contributed by atoms with Crippen molar-refractivity contribution in [3.8, 4) is 23.0 Å². The molecule has 4 aromatic carbocycles. The summed E-state index contributed by atoms with van der Waals surface area (Å²) >= 11 is 1.55. The Kier molecular flexibility index (Phi) is 10.6. The van der Waals surface area contributed by atoms with Crippen LogP contribution in [0, 0.1) is 0 Å². The third kappa shape index (κ3) is 8.33. The zero-order valence-corrected chi connectivity index (χ0v) is 26.5. The summed E-state index contributed by atoms with van der Waals surface area (Å²) in [4.78, 5) is 58.5. The van der Waals surface area contributed by atoms with Crippen LogP contribution in [0.1, 0.15) is 50.7 Å². The number of aromatic nitrogens is 1. The fraction of sp³-hybridized carbons (Fsp3) is 0.0811. The number of hydrogen-bond donors (Lipinski definition) is 0. The van der Waals surface area contributed by atoms with E-state index in [2.05, 4.69) is 13.2 Å². The Morgan fingerprint density at radius 1 is 0.750 bits per heavy atom. The van der Waals surface area contributed by atoms with Gasteiger partial charge in [-0.15, -0.1) is 11.3 Å². The zero-order valence-electron chi connectivity index (χ0n) is 25.7. The third-order valence-electron chi connectivity index (χ3n) is 6.72. The van der Waals surface area contributed by atoms with E-state index in [1.807, 2.05) is 31.2 Å². The average molecular weight is 661 g/mol. The Morgan fingerprint density at radius 2 is 1.31 bits per heavy atom. The number of aliphatic imine (C=N–C) groups is 1. The van der Waals surface area contributed by atoms with Crippen molar-refractivity contribution in [1.82, 2.24) is 4.98 Å². The van der Waals surface area contributed by atoms with Gasteiger partial charge in [-0.25, -0.2) is 24.2 Å². The van der Waals surface area contributed by atoms with E-state index >= 15 is 0 Å². The number of thiazole rings is 1. The van der Waals surface area contributed by atoms with Crippen molar-refractivity contribution < 1.29 is 38.1 Å². The van der Waals surface area contributed by atoms with E-state index in [1.165, 1.54) is 66.7 Å². The SMILES string of the molecule is C=CC(=O)Oc1ccc(C(=O)Oc2ccc(OC(=O)c3ccc(OC(=O)C=C)cc3)c(C=NC(CC)c3nc4ccccc4s3)c2)cc1. The first kappa shape index (κ1) is 33.2. The number of carbonyl (C=O) groups is 4. The van der Waals surface area contributed by atoms with Gasteiger partial charge in [-0.3, -0.25) is 4.99 Å². The van der Waals surface area contributed by atoms with Gasteiger partial charge in [-0.05, 0) is 85.3 Å². The lowest BCUT2D eigenvalue weighted by atomic mass is 10.1. The molecule has 1 atom stereocenters. The van der Waals surface area contributed by atoms with Gasteiger partial charge in [0.25, 0.3) is 0 Å². The lowest BCUT2D eigenvalue weighted by molar-refractivity contribution is -0.129. The molecule has 48 heavy (non-hydrogen) atoms. The van der Waals surface area contributed by atoms with E-state index in [1.54, 1.807) is 17.6 Å². The summed E-state index contributed by atoms with van der Waals surface area (Å²) in [7, 11) is 0. The minimum absolute atomic E-state index is 0.165. The molecule has 1 aromatic heterocycles. The lowest BCUT2D eigenvalue weighted by Gasteiger charge is -2.12. The molecule has 5 aromatic rings. The van der Waals surface area contributed by atoms with Gasteiger partial charge in [0.2, 0.25) is 0 Å². The van der Waals surface area contributed by atoms with Crippen LogP contribution in [-0.2, 0) is 9.59 Å². The van der Waals surface area contributed by atoms with Gasteiger partial charge >= 0.3 is 23.9 Å². The maximum Gasteiger partial charge on any atom is 0.343 e. The summed E-state index contributed by atoms with van der Waals surface area (Å²) in [5, 5.41) is 0.829. The molecule has 1 unspecified atom stereocenters. The molecule has 5 rings (SSSR count). The van der Waals surface area contributed by atoms with Crippen molar-refractivity contribution in [3.05, 3.63) is 138 Å². The maximum absolute atomic E-state index is 13.1. The van der Waals surface area contributed by atoms with E-state index in [4.69, 9.17) is 28.9 Å². The Hall–Kier alpha value is -6.20. The van der Waals surface area contributed by atoms with E-state index in [0.717, 1.165) is 27.4 Å². The molecule has 0 bridgehead atoms. The van der Waals surface area contributed by atoms with Crippen LogP contribution < -0.4 is 18.9 Å². The van der Waals surface area contributed by atoms with E-state index in [9.17, 15) is 19.2 Å². The number of hydrogen-bond acceptors (Lipinski definition) is 11. The Morgan fingerprint density at radius 3 is 1.88 bits per heavy atom. The molecule has 240 valence electrons. The molecule has 0 N–H and O–H groups in total.